The lowest BCUT2D eigenvalue weighted by Gasteiger charge is -2.07. The molecule has 1 amide bonds. The summed E-state index contributed by atoms with van der Waals surface area (Å²) in [6.45, 7) is 5.40. The predicted molar refractivity (Wildman–Crippen MR) is 96.0 cm³/mol. The number of amides is 1. The summed E-state index contributed by atoms with van der Waals surface area (Å²) < 4.78 is 1.98. The molecule has 0 atom stereocenters. The van der Waals surface area contributed by atoms with Crippen LogP contribution in [0.4, 0.5) is 0 Å². The van der Waals surface area contributed by atoms with Crippen molar-refractivity contribution in [3.05, 3.63) is 51.3 Å². The second-order valence-corrected chi connectivity index (χ2v) is 7.33. The average molecular weight is 345 g/mol. The third-order valence-electron chi connectivity index (χ3n) is 3.71. The summed E-state index contributed by atoms with van der Waals surface area (Å²) in [4.78, 5) is 14.2. The van der Waals surface area contributed by atoms with Crippen LogP contribution in [0, 0.1) is 13.8 Å². The molecule has 0 fully saturated rings. The highest BCUT2D eigenvalue weighted by Gasteiger charge is 2.14. The SMILES string of the molecule is Cc1nn(CCNC(=O)Cc2cccs2)c(C)c1-c1cccs1. The summed E-state index contributed by atoms with van der Waals surface area (Å²) in [7, 11) is 0. The van der Waals surface area contributed by atoms with Gasteiger partial charge in [-0.25, -0.2) is 0 Å². The molecular weight excluding hydrogens is 326 g/mol. The van der Waals surface area contributed by atoms with Crippen LogP contribution in [0.2, 0.25) is 0 Å². The molecule has 0 unspecified atom stereocenters. The van der Waals surface area contributed by atoms with Gasteiger partial charge >= 0.3 is 0 Å². The van der Waals surface area contributed by atoms with Gasteiger partial charge in [-0.05, 0) is 36.7 Å². The number of rotatable bonds is 6. The molecule has 0 saturated carbocycles. The molecule has 23 heavy (non-hydrogen) atoms. The molecule has 1 N–H and O–H groups in total. The maximum atomic E-state index is 11.9. The molecule has 6 heteroatoms. The van der Waals surface area contributed by atoms with E-state index in [1.165, 1.54) is 10.4 Å². The molecule has 3 aromatic rings. The largest absolute Gasteiger partial charge is 0.354 e. The lowest BCUT2D eigenvalue weighted by atomic mass is 10.1. The molecular formula is C17H19N3OS2. The molecule has 0 aromatic carbocycles. The fourth-order valence-electron chi connectivity index (χ4n) is 2.63. The number of aryl methyl sites for hydroxylation is 1. The van der Waals surface area contributed by atoms with Crippen LogP contribution in [0.25, 0.3) is 10.4 Å². The Labute approximate surface area is 143 Å². The number of hydrogen-bond donors (Lipinski definition) is 1. The topological polar surface area (TPSA) is 46.9 Å². The first-order valence-electron chi connectivity index (χ1n) is 7.52. The second kappa shape index (κ2) is 7.10. The standard InChI is InChI=1S/C17H19N3OS2/c1-12-17(15-6-4-10-23-15)13(2)20(19-12)8-7-18-16(21)11-14-5-3-9-22-14/h3-6,9-10H,7-8,11H2,1-2H3,(H,18,21). The highest BCUT2D eigenvalue weighted by molar-refractivity contribution is 7.13. The van der Waals surface area contributed by atoms with Crippen molar-refractivity contribution >= 4 is 28.6 Å². The van der Waals surface area contributed by atoms with E-state index in [0.717, 1.165) is 16.3 Å². The van der Waals surface area contributed by atoms with Gasteiger partial charge in [0.25, 0.3) is 0 Å². The van der Waals surface area contributed by atoms with E-state index in [1.807, 2.05) is 29.1 Å². The number of thiophene rings is 2. The first-order valence-corrected chi connectivity index (χ1v) is 9.28. The Bertz CT molecular complexity index is 773. The van der Waals surface area contributed by atoms with Crippen LogP contribution in [0.1, 0.15) is 16.3 Å². The Hall–Kier alpha value is -1.92. The van der Waals surface area contributed by atoms with Crippen molar-refractivity contribution in [1.29, 1.82) is 0 Å². The molecule has 0 aliphatic rings. The molecule has 0 radical (unpaired) electrons. The van der Waals surface area contributed by atoms with Gasteiger partial charge in [-0.2, -0.15) is 5.10 Å². The van der Waals surface area contributed by atoms with Crippen LogP contribution in [0.5, 0.6) is 0 Å². The third kappa shape index (κ3) is 3.71. The predicted octanol–water partition coefficient (Wildman–Crippen LogP) is 3.65. The Morgan fingerprint density at radius 2 is 2.00 bits per heavy atom. The summed E-state index contributed by atoms with van der Waals surface area (Å²) in [5, 5.41) is 11.7. The highest BCUT2D eigenvalue weighted by Crippen LogP contribution is 2.30. The smallest absolute Gasteiger partial charge is 0.225 e. The summed E-state index contributed by atoms with van der Waals surface area (Å²) >= 11 is 3.34. The number of carbonyl (C=O) groups is 1. The molecule has 4 nitrogen and oxygen atoms in total. The van der Waals surface area contributed by atoms with Gasteiger partial charge in [-0.3, -0.25) is 9.48 Å². The van der Waals surface area contributed by atoms with Crippen molar-refractivity contribution in [2.24, 2.45) is 0 Å². The van der Waals surface area contributed by atoms with Gasteiger partial charge < -0.3 is 5.32 Å². The zero-order chi connectivity index (χ0) is 16.2. The third-order valence-corrected chi connectivity index (χ3v) is 5.47. The molecule has 3 rings (SSSR count). The van der Waals surface area contributed by atoms with E-state index < -0.39 is 0 Å². The molecule has 0 saturated heterocycles. The average Bonchev–Trinajstić information content (AvgIpc) is 3.23. The molecule has 0 bridgehead atoms. The molecule has 0 spiro atoms. The van der Waals surface area contributed by atoms with Crippen molar-refractivity contribution in [3.63, 3.8) is 0 Å². The maximum absolute atomic E-state index is 11.9. The van der Waals surface area contributed by atoms with Crippen molar-refractivity contribution in [2.75, 3.05) is 6.54 Å². The van der Waals surface area contributed by atoms with Gasteiger partial charge in [0.2, 0.25) is 5.91 Å². The van der Waals surface area contributed by atoms with Crippen LogP contribution in [-0.2, 0) is 17.8 Å². The van der Waals surface area contributed by atoms with Crippen molar-refractivity contribution in [3.8, 4) is 10.4 Å². The number of nitrogens with one attached hydrogen (secondary N) is 1. The van der Waals surface area contributed by atoms with Crippen LogP contribution in [0.3, 0.4) is 0 Å². The number of nitrogens with zero attached hydrogens (tertiary/aromatic N) is 2. The maximum Gasteiger partial charge on any atom is 0.225 e. The zero-order valence-corrected chi connectivity index (χ0v) is 14.8. The molecule has 0 aliphatic carbocycles. The Morgan fingerprint density at radius 3 is 2.70 bits per heavy atom. The van der Waals surface area contributed by atoms with Crippen LogP contribution in [0.15, 0.2) is 35.0 Å². The Morgan fingerprint density at radius 1 is 1.22 bits per heavy atom. The van der Waals surface area contributed by atoms with Crippen LogP contribution >= 0.6 is 22.7 Å². The zero-order valence-electron chi connectivity index (χ0n) is 13.2. The van der Waals surface area contributed by atoms with Crippen molar-refractivity contribution < 1.29 is 4.79 Å². The van der Waals surface area contributed by atoms with E-state index >= 15 is 0 Å². The first-order chi connectivity index (χ1) is 11.1. The number of carbonyl (C=O) groups excluding carboxylic acids is 1. The van der Waals surface area contributed by atoms with E-state index in [2.05, 4.69) is 34.9 Å². The van der Waals surface area contributed by atoms with Gasteiger partial charge in [0.15, 0.2) is 0 Å². The quantitative estimate of drug-likeness (QED) is 0.741. The molecule has 3 aromatic heterocycles. The normalized spacial score (nSPS) is 10.9. The summed E-state index contributed by atoms with van der Waals surface area (Å²) in [6.07, 6.45) is 0.454. The number of aromatic nitrogens is 2. The summed E-state index contributed by atoms with van der Waals surface area (Å²) in [5.74, 6) is 0.0625. The number of hydrogen-bond acceptors (Lipinski definition) is 4. The molecule has 3 heterocycles. The van der Waals surface area contributed by atoms with Crippen LogP contribution < -0.4 is 5.32 Å². The van der Waals surface area contributed by atoms with E-state index in [-0.39, 0.29) is 5.91 Å². The van der Waals surface area contributed by atoms with Crippen molar-refractivity contribution in [2.45, 2.75) is 26.8 Å². The fraction of sp³-hybridized carbons (Fsp3) is 0.294. The van der Waals surface area contributed by atoms with E-state index in [0.29, 0.717) is 19.5 Å². The van der Waals surface area contributed by atoms with Gasteiger partial charge in [0.1, 0.15) is 0 Å². The summed E-state index contributed by atoms with van der Waals surface area (Å²) in [6, 6.07) is 8.13. The van der Waals surface area contributed by atoms with Gasteiger partial charge in [0.05, 0.1) is 18.7 Å². The minimum atomic E-state index is 0.0625. The Kier molecular flexibility index (Phi) is 4.93. The lowest BCUT2D eigenvalue weighted by Crippen LogP contribution is -2.28. The van der Waals surface area contributed by atoms with Gasteiger partial charge in [0, 0.05) is 27.6 Å². The minimum absolute atomic E-state index is 0.0625. The highest BCUT2D eigenvalue weighted by atomic mass is 32.1. The van der Waals surface area contributed by atoms with Crippen molar-refractivity contribution in [1.82, 2.24) is 15.1 Å². The second-order valence-electron chi connectivity index (χ2n) is 5.35. The fourth-order valence-corrected chi connectivity index (χ4v) is 4.20. The Balaban J connectivity index is 1.59. The molecule has 120 valence electrons. The first kappa shape index (κ1) is 16.0. The van der Waals surface area contributed by atoms with E-state index in [4.69, 9.17) is 0 Å². The van der Waals surface area contributed by atoms with Crippen LogP contribution in [-0.4, -0.2) is 22.2 Å². The monoisotopic (exact) mass is 345 g/mol. The minimum Gasteiger partial charge on any atom is -0.354 e. The van der Waals surface area contributed by atoms with E-state index in [1.54, 1.807) is 22.7 Å². The lowest BCUT2D eigenvalue weighted by molar-refractivity contribution is -0.120. The van der Waals surface area contributed by atoms with Gasteiger partial charge in [-0.1, -0.05) is 12.1 Å². The van der Waals surface area contributed by atoms with Gasteiger partial charge in [-0.15, -0.1) is 22.7 Å². The molecule has 0 aliphatic heterocycles. The van der Waals surface area contributed by atoms with E-state index in [9.17, 15) is 4.79 Å². The summed E-state index contributed by atoms with van der Waals surface area (Å²) in [5.41, 5.74) is 3.40.